The van der Waals surface area contributed by atoms with Gasteiger partial charge in [0.25, 0.3) is 0 Å². The van der Waals surface area contributed by atoms with Gasteiger partial charge in [0.2, 0.25) is 0 Å². The van der Waals surface area contributed by atoms with Crippen LogP contribution >= 0.6 is 0 Å². The Bertz CT molecular complexity index is 1590. The molecule has 4 rings (SSSR count). The first-order chi connectivity index (χ1) is 22.9. The van der Waals surface area contributed by atoms with Crippen molar-refractivity contribution in [1.82, 2.24) is 9.80 Å². The molecule has 49 heavy (non-hydrogen) atoms. The highest BCUT2D eigenvalue weighted by molar-refractivity contribution is 6.01. The Hall–Kier alpha value is -4.94. The smallest absolute Gasteiger partial charge is 0.411 e. The number of nitrogens with zero attached hydrogens (tertiary/aromatic N) is 2. The quantitative estimate of drug-likeness (QED) is 0.177. The lowest BCUT2D eigenvalue weighted by molar-refractivity contribution is -0.149. The molecule has 2 aromatic rings. The van der Waals surface area contributed by atoms with Crippen LogP contribution in [0.3, 0.4) is 0 Å². The highest BCUT2D eigenvalue weighted by Crippen LogP contribution is 2.36. The summed E-state index contributed by atoms with van der Waals surface area (Å²) in [7, 11) is 0. The predicted molar refractivity (Wildman–Crippen MR) is 176 cm³/mol. The van der Waals surface area contributed by atoms with Crippen LogP contribution in [0.25, 0.3) is 0 Å². The van der Waals surface area contributed by atoms with Crippen LogP contribution < -0.4 is 4.74 Å². The molecule has 2 heterocycles. The Morgan fingerprint density at radius 3 is 2.08 bits per heavy atom. The highest BCUT2D eigenvalue weighted by Gasteiger charge is 2.52. The second kappa shape index (κ2) is 14.7. The van der Waals surface area contributed by atoms with Crippen molar-refractivity contribution in [3.05, 3.63) is 59.7 Å². The van der Waals surface area contributed by atoms with Gasteiger partial charge >= 0.3 is 24.1 Å². The van der Waals surface area contributed by atoms with Crippen molar-refractivity contribution in [3.63, 3.8) is 0 Å². The monoisotopic (exact) mass is 680 g/mol. The third-order valence-corrected chi connectivity index (χ3v) is 8.02. The second-order valence-corrected chi connectivity index (χ2v) is 14.2. The van der Waals surface area contributed by atoms with Crippen molar-refractivity contribution in [2.24, 2.45) is 0 Å². The normalized spacial score (nSPS) is 19.3. The third kappa shape index (κ3) is 9.36. The van der Waals surface area contributed by atoms with Crippen molar-refractivity contribution in [3.8, 4) is 11.5 Å². The lowest BCUT2D eigenvalue weighted by Gasteiger charge is -2.35. The van der Waals surface area contributed by atoms with Gasteiger partial charge in [-0.05, 0) is 104 Å². The van der Waals surface area contributed by atoms with Gasteiger partial charge in [-0.25, -0.2) is 19.2 Å². The molecular formula is C36H44N2O11. The number of hydrogen-bond acceptors (Lipinski definition) is 10. The van der Waals surface area contributed by atoms with Gasteiger partial charge in [-0.2, -0.15) is 0 Å². The van der Waals surface area contributed by atoms with Gasteiger partial charge in [0.05, 0.1) is 0 Å². The molecule has 1 N–H and O–H groups in total. The minimum absolute atomic E-state index is 0.110. The zero-order chi connectivity index (χ0) is 36.1. The molecule has 2 atom stereocenters. The number of carbonyl (C=O) groups excluding carboxylic acids is 5. The molecule has 0 radical (unpaired) electrons. The van der Waals surface area contributed by atoms with Crippen molar-refractivity contribution < 1.29 is 52.8 Å². The number of Topliss-reactive ketones (excluding diaryl/α,β-unsaturated/α-hetero) is 2. The molecule has 2 amide bonds. The number of carboxylic acids is 1. The topological polar surface area (TPSA) is 166 Å². The van der Waals surface area contributed by atoms with Crippen LogP contribution in [0.15, 0.2) is 48.5 Å². The molecule has 0 aromatic heterocycles. The van der Waals surface area contributed by atoms with Gasteiger partial charge in [-0.15, -0.1) is 0 Å². The average molecular weight is 681 g/mol. The molecule has 13 heteroatoms. The number of ether oxygens (including phenoxy) is 4. The molecule has 2 saturated heterocycles. The van der Waals surface area contributed by atoms with Crippen molar-refractivity contribution in [2.45, 2.75) is 96.4 Å². The number of likely N-dealkylation sites (tertiary alicyclic amines) is 2. The molecule has 2 aliphatic heterocycles. The maximum Gasteiger partial charge on any atom is 0.411 e. The van der Waals surface area contributed by atoms with Crippen LogP contribution in [0.1, 0.15) is 94.4 Å². The number of aliphatic carboxylic acids is 1. The first kappa shape index (κ1) is 36.9. The fourth-order valence-corrected chi connectivity index (χ4v) is 5.76. The fourth-order valence-electron chi connectivity index (χ4n) is 5.76. The summed E-state index contributed by atoms with van der Waals surface area (Å²) in [6.07, 6.45) is -0.277. The Labute approximate surface area is 285 Å². The van der Waals surface area contributed by atoms with E-state index in [1.165, 1.54) is 23.1 Å². The lowest BCUT2D eigenvalue weighted by atomic mass is 9.88. The van der Waals surface area contributed by atoms with Crippen LogP contribution in [-0.4, -0.2) is 93.1 Å². The summed E-state index contributed by atoms with van der Waals surface area (Å²) in [4.78, 5) is 79.2. The lowest BCUT2D eigenvalue weighted by Crippen LogP contribution is -2.55. The summed E-state index contributed by atoms with van der Waals surface area (Å²) in [6.45, 7) is 10.3. The summed E-state index contributed by atoms with van der Waals surface area (Å²) in [6, 6.07) is 11.5. The maximum absolute atomic E-state index is 13.4. The van der Waals surface area contributed by atoms with Gasteiger partial charge in [0, 0.05) is 30.6 Å². The maximum atomic E-state index is 13.4. The molecule has 0 bridgehead atoms. The molecule has 0 unspecified atom stereocenters. The molecular weight excluding hydrogens is 636 g/mol. The third-order valence-electron chi connectivity index (χ3n) is 8.02. The zero-order valence-electron chi connectivity index (χ0n) is 28.8. The first-order valence-corrected chi connectivity index (χ1v) is 16.2. The molecule has 0 aliphatic carbocycles. The number of amides is 2. The Balaban J connectivity index is 1.35. The van der Waals surface area contributed by atoms with E-state index >= 15 is 0 Å². The van der Waals surface area contributed by atoms with Crippen LogP contribution in [0, 0.1) is 0 Å². The summed E-state index contributed by atoms with van der Waals surface area (Å²) < 4.78 is 22.0. The van der Waals surface area contributed by atoms with Crippen molar-refractivity contribution in [2.75, 3.05) is 19.7 Å². The van der Waals surface area contributed by atoms with E-state index in [4.69, 9.17) is 18.9 Å². The standard InChI is InChI=1S/C36H44N2O11/c1-34(2,3)48-32(44)37-18-8-12-27(37)30(41)46-22-29(40)23-13-15-25(16-14-23)47-26-11-7-10-24(20-26)28(39)21-36(31(42)43)17-9-19-38(36)33(45)49-35(4,5)6/h7,10-11,13-16,20,27H,8-9,12,17-19,21-22H2,1-6H3,(H,42,43)/t27-,36+/m0/s1. The molecule has 0 saturated carbocycles. The van der Waals surface area contributed by atoms with Crippen molar-refractivity contribution >= 4 is 35.7 Å². The molecule has 2 fully saturated rings. The average Bonchev–Trinajstić information content (AvgIpc) is 3.67. The van der Waals surface area contributed by atoms with E-state index in [1.807, 2.05) is 0 Å². The van der Waals surface area contributed by atoms with E-state index in [1.54, 1.807) is 71.9 Å². The van der Waals surface area contributed by atoms with Gasteiger partial charge in [0.1, 0.15) is 28.7 Å². The number of esters is 1. The predicted octanol–water partition coefficient (Wildman–Crippen LogP) is 6.03. The van der Waals surface area contributed by atoms with Crippen LogP contribution in [0.2, 0.25) is 0 Å². The number of benzene rings is 2. The minimum Gasteiger partial charge on any atom is -0.479 e. The van der Waals surface area contributed by atoms with Crippen LogP contribution in [0.5, 0.6) is 11.5 Å². The first-order valence-electron chi connectivity index (χ1n) is 16.2. The number of carboxylic acid groups (broad SMARTS) is 1. The molecule has 264 valence electrons. The summed E-state index contributed by atoms with van der Waals surface area (Å²) in [5.74, 6) is -2.23. The summed E-state index contributed by atoms with van der Waals surface area (Å²) in [5, 5.41) is 10.2. The van der Waals surface area contributed by atoms with E-state index in [0.29, 0.717) is 37.3 Å². The molecule has 2 aliphatic rings. The SMILES string of the molecule is CC(C)(C)OC(=O)N1CCC[C@H]1C(=O)OCC(=O)c1ccc(Oc2cccc(C(=O)C[C@@]3(C(=O)O)CCCN3C(=O)OC(C)(C)C)c2)cc1. The van der Waals surface area contributed by atoms with Gasteiger partial charge in [-0.3, -0.25) is 19.4 Å². The van der Waals surface area contributed by atoms with Crippen molar-refractivity contribution in [1.29, 1.82) is 0 Å². The summed E-state index contributed by atoms with van der Waals surface area (Å²) in [5.41, 5.74) is -2.81. The highest BCUT2D eigenvalue weighted by atomic mass is 16.6. The minimum atomic E-state index is -1.73. The van der Waals surface area contributed by atoms with E-state index in [0.717, 1.165) is 4.90 Å². The fraction of sp³-hybridized carbons (Fsp3) is 0.500. The number of carbonyl (C=O) groups is 6. The van der Waals surface area contributed by atoms with Gasteiger partial charge in [-0.1, -0.05) is 12.1 Å². The molecule has 0 spiro atoms. The van der Waals surface area contributed by atoms with Gasteiger partial charge in [0.15, 0.2) is 23.7 Å². The Morgan fingerprint density at radius 1 is 0.796 bits per heavy atom. The number of hydrogen-bond donors (Lipinski definition) is 1. The molecule has 13 nitrogen and oxygen atoms in total. The van der Waals surface area contributed by atoms with Gasteiger partial charge < -0.3 is 24.1 Å². The van der Waals surface area contributed by atoms with E-state index in [-0.39, 0.29) is 24.1 Å². The largest absolute Gasteiger partial charge is 0.479 e. The van der Waals surface area contributed by atoms with Crippen LogP contribution in [0.4, 0.5) is 9.59 Å². The molecule has 2 aromatic carbocycles. The van der Waals surface area contributed by atoms with E-state index in [9.17, 15) is 33.9 Å². The van der Waals surface area contributed by atoms with E-state index in [2.05, 4.69) is 0 Å². The zero-order valence-corrected chi connectivity index (χ0v) is 28.8. The summed E-state index contributed by atoms with van der Waals surface area (Å²) >= 11 is 0. The number of ketones is 2. The Morgan fingerprint density at radius 2 is 1.45 bits per heavy atom. The number of rotatable bonds is 10. The Kier molecular flexibility index (Phi) is 11.0. The van der Waals surface area contributed by atoms with E-state index < -0.39 is 71.5 Å². The van der Waals surface area contributed by atoms with Crippen LogP contribution in [-0.2, 0) is 23.8 Å². The second-order valence-electron chi connectivity index (χ2n) is 14.2.